The molecule has 1 aromatic carbocycles. The summed E-state index contributed by atoms with van der Waals surface area (Å²) in [5.74, 6) is -0.492. The van der Waals surface area contributed by atoms with Gasteiger partial charge in [0.25, 0.3) is 0 Å². The van der Waals surface area contributed by atoms with Crippen LogP contribution in [0.3, 0.4) is 0 Å². The first-order valence-electron chi connectivity index (χ1n) is 5.14. The molecule has 0 aliphatic heterocycles. The number of carbonyl (C=O) groups is 1. The number of hydrogen-bond acceptors (Lipinski definition) is 4. The summed E-state index contributed by atoms with van der Waals surface area (Å²) in [6.07, 6.45) is 2.95. The SMILES string of the molecule is CCOC(=O)c1cc(-n2cnnc2)c(Cl)cc1Cl. The molecule has 2 aromatic rings. The molecular formula is C11H9Cl2N3O2. The molecule has 0 unspecified atom stereocenters. The molecule has 0 atom stereocenters. The Morgan fingerprint density at radius 2 is 1.94 bits per heavy atom. The summed E-state index contributed by atoms with van der Waals surface area (Å²) in [6, 6.07) is 3.04. The summed E-state index contributed by atoms with van der Waals surface area (Å²) < 4.78 is 6.50. The summed E-state index contributed by atoms with van der Waals surface area (Å²) >= 11 is 12.0. The fourth-order valence-electron chi connectivity index (χ4n) is 1.43. The molecule has 18 heavy (non-hydrogen) atoms. The lowest BCUT2D eigenvalue weighted by Crippen LogP contribution is -2.07. The summed E-state index contributed by atoms with van der Waals surface area (Å²) in [7, 11) is 0. The maximum Gasteiger partial charge on any atom is 0.339 e. The maximum atomic E-state index is 11.7. The molecule has 1 heterocycles. The molecule has 0 N–H and O–H groups in total. The minimum Gasteiger partial charge on any atom is -0.462 e. The van der Waals surface area contributed by atoms with Crippen LogP contribution in [0.4, 0.5) is 0 Å². The first kappa shape index (κ1) is 12.9. The van der Waals surface area contributed by atoms with E-state index in [9.17, 15) is 4.79 Å². The van der Waals surface area contributed by atoms with Crippen molar-refractivity contribution in [3.8, 4) is 5.69 Å². The van der Waals surface area contributed by atoms with E-state index < -0.39 is 5.97 Å². The number of carbonyl (C=O) groups excluding carboxylic acids is 1. The summed E-state index contributed by atoms with van der Waals surface area (Å²) in [4.78, 5) is 11.7. The zero-order chi connectivity index (χ0) is 13.1. The molecule has 0 amide bonds. The third-order valence-corrected chi connectivity index (χ3v) is 2.84. The van der Waals surface area contributed by atoms with Crippen molar-refractivity contribution in [2.24, 2.45) is 0 Å². The summed E-state index contributed by atoms with van der Waals surface area (Å²) in [5, 5.41) is 8.00. The molecule has 5 nitrogen and oxygen atoms in total. The Hall–Kier alpha value is -1.59. The smallest absolute Gasteiger partial charge is 0.339 e. The van der Waals surface area contributed by atoms with Crippen molar-refractivity contribution in [2.45, 2.75) is 6.92 Å². The highest BCUT2D eigenvalue weighted by molar-refractivity contribution is 6.37. The van der Waals surface area contributed by atoms with Crippen molar-refractivity contribution < 1.29 is 9.53 Å². The van der Waals surface area contributed by atoms with E-state index in [0.717, 1.165) is 0 Å². The number of esters is 1. The number of benzene rings is 1. The van der Waals surface area contributed by atoms with Gasteiger partial charge < -0.3 is 4.74 Å². The van der Waals surface area contributed by atoms with E-state index >= 15 is 0 Å². The quantitative estimate of drug-likeness (QED) is 0.814. The van der Waals surface area contributed by atoms with Gasteiger partial charge >= 0.3 is 5.97 Å². The molecule has 2 rings (SSSR count). The minimum absolute atomic E-state index is 0.246. The van der Waals surface area contributed by atoms with E-state index in [2.05, 4.69) is 10.2 Å². The molecule has 0 radical (unpaired) electrons. The van der Waals surface area contributed by atoms with Gasteiger partial charge in [-0.3, -0.25) is 4.57 Å². The van der Waals surface area contributed by atoms with Gasteiger partial charge in [-0.2, -0.15) is 0 Å². The zero-order valence-electron chi connectivity index (χ0n) is 9.43. The lowest BCUT2D eigenvalue weighted by atomic mass is 10.2. The summed E-state index contributed by atoms with van der Waals surface area (Å²) in [6.45, 7) is 2.00. The van der Waals surface area contributed by atoms with E-state index in [0.29, 0.717) is 10.7 Å². The van der Waals surface area contributed by atoms with Crippen LogP contribution in [0.1, 0.15) is 17.3 Å². The fraction of sp³-hybridized carbons (Fsp3) is 0.182. The van der Waals surface area contributed by atoms with Crippen LogP contribution in [-0.4, -0.2) is 27.3 Å². The molecule has 0 saturated heterocycles. The first-order chi connectivity index (χ1) is 8.63. The molecule has 7 heteroatoms. The first-order valence-corrected chi connectivity index (χ1v) is 5.90. The van der Waals surface area contributed by atoms with E-state index in [-0.39, 0.29) is 17.2 Å². The third kappa shape index (κ3) is 2.47. The van der Waals surface area contributed by atoms with Crippen molar-refractivity contribution >= 4 is 29.2 Å². The normalized spacial score (nSPS) is 10.4. The van der Waals surface area contributed by atoms with Crippen molar-refractivity contribution in [1.29, 1.82) is 0 Å². The van der Waals surface area contributed by atoms with Crippen LogP contribution in [0, 0.1) is 0 Å². The fourth-order valence-corrected chi connectivity index (χ4v) is 1.98. The minimum atomic E-state index is -0.492. The Morgan fingerprint density at radius 1 is 1.28 bits per heavy atom. The Labute approximate surface area is 113 Å². The van der Waals surface area contributed by atoms with Gasteiger partial charge in [0.2, 0.25) is 0 Å². The molecular weight excluding hydrogens is 277 g/mol. The number of ether oxygens (including phenoxy) is 1. The number of halogens is 2. The average molecular weight is 286 g/mol. The highest BCUT2D eigenvalue weighted by atomic mass is 35.5. The second-order valence-electron chi connectivity index (χ2n) is 3.37. The van der Waals surface area contributed by atoms with Crippen LogP contribution in [0.2, 0.25) is 10.0 Å². The van der Waals surface area contributed by atoms with Crippen LogP contribution >= 0.6 is 23.2 Å². The van der Waals surface area contributed by atoms with Crippen LogP contribution in [0.15, 0.2) is 24.8 Å². The summed E-state index contributed by atoms with van der Waals surface area (Å²) in [5.41, 5.74) is 0.820. The monoisotopic (exact) mass is 285 g/mol. The number of aromatic nitrogens is 3. The molecule has 0 aliphatic carbocycles. The van der Waals surface area contributed by atoms with E-state index in [1.165, 1.54) is 18.7 Å². The molecule has 94 valence electrons. The Kier molecular flexibility index (Phi) is 3.84. The zero-order valence-corrected chi connectivity index (χ0v) is 10.9. The Morgan fingerprint density at radius 3 is 2.56 bits per heavy atom. The maximum absolute atomic E-state index is 11.7. The molecule has 0 fully saturated rings. The van der Waals surface area contributed by atoms with Crippen molar-refractivity contribution in [1.82, 2.24) is 14.8 Å². The van der Waals surface area contributed by atoms with Crippen molar-refractivity contribution in [3.63, 3.8) is 0 Å². The predicted molar refractivity (Wildman–Crippen MR) is 67.3 cm³/mol. The largest absolute Gasteiger partial charge is 0.462 e. The predicted octanol–water partition coefficient (Wildman–Crippen LogP) is 2.75. The van der Waals surface area contributed by atoms with Crippen LogP contribution in [0.25, 0.3) is 5.69 Å². The molecule has 0 bridgehead atoms. The van der Waals surface area contributed by atoms with Gasteiger partial charge in [0.1, 0.15) is 12.7 Å². The van der Waals surface area contributed by atoms with Gasteiger partial charge in [0.05, 0.1) is 27.9 Å². The lowest BCUT2D eigenvalue weighted by molar-refractivity contribution is 0.0526. The molecule has 0 saturated carbocycles. The van der Waals surface area contributed by atoms with Crippen LogP contribution in [-0.2, 0) is 4.74 Å². The molecule has 0 spiro atoms. The van der Waals surface area contributed by atoms with Gasteiger partial charge in [-0.05, 0) is 19.1 Å². The van der Waals surface area contributed by atoms with E-state index in [1.807, 2.05) is 0 Å². The topological polar surface area (TPSA) is 57.0 Å². The van der Waals surface area contributed by atoms with Gasteiger partial charge in [-0.15, -0.1) is 10.2 Å². The Bertz CT molecular complexity index is 570. The standard InChI is InChI=1S/C11H9Cl2N3O2/c1-2-18-11(17)7-3-10(9(13)4-8(7)12)16-5-14-15-6-16/h3-6H,2H2,1H3. The lowest BCUT2D eigenvalue weighted by Gasteiger charge is -2.09. The van der Waals surface area contributed by atoms with Gasteiger partial charge in [-0.1, -0.05) is 23.2 Å². The second-order valence-corrected chi connectivity index (χ2v) is 4.19. The van der Waals surface area contributed by atoms with Gasteiger partial charge in [-0.25, -0.2) is 4.79 Å². The third-order valence-electron chi connectivity index (χ3n) is 2.23. The van der Waals surface area contributed by atoms with Crippen molar-refractivity contribution in [3.05, 3.63) is 40.4 Å². The highest BCUT2D eigenvalue weighted by Crippen LogP contribution is 2.28. The van der Waals surface area contributed by atoms with Gasteiger partial charge in [0, 0.05) is 0 Å². The van der Waals surface area contributed by atoms with Crippen LogP contribution < -0.4 is 0 Å². The number of rotatable bonds is 3. The Balaban J connectivity index is 2.49. The number of nitrogens with zero attached hydrogens (tertiary/aromatic N) is 3. The second kappa shape index (κ2) is 5.37. The number of hydrogen-bond donors (Lipinski definition) is 0. The van der Waals surface area contributed by atoms with E-state index in [1.54, 1.807) is 17.6 Å². The average Bonchev–Trinajstić information content (AvgIpc) is 2.82. The van der Waals surface area contributed by atoms with Gasteiger partial charge in [0.15, 0.2) is 0 Å². The molecule has 0 aliphatic rings. The molecule has 1 aromatic heterocycles. The highest BCUT2D eigenvalue weighted by Gasteiger charge is 2.15. The van der Waals surface area contributed by atoms with E-state index in [4.69, 9.17) is 27.9 Å². The van der Waals surface area contributed by atoms with Crippen LogP contribution in [0.5, 0.6) is 0 Å². The van der Waals surface area contributed by atoms with Crippen molar-refractivity contribution in [2.75, 3.05) is 6.61 Å².